The minimum absolute atomic E-state index is 0.0358. The van der Waals surface area contributed by atoms with Crippen molar-refractivity contribution in [3.63, 3.8) is 0 Å². The van der Waals surface area contributed by atoms with Crippen molar-refractivity contribution in [2.75, 3.05) is 10.6 Å². The van der Waals surface area contributed by atoms with Crippen LogP contribution in [0.4, 0.5) is 17.5 Å². The molecule has 0 aliphatic heterocycles. The summed E-state index contributed by atoms with van der Waals surface area (Å²) >= 11 is 5.84. The predicted octanol–water partition coefficient (Wildman–Crippen LogP) is 4.08. The van der Waals surface area contributed by atoms with E-state index in [4.69, 9.17) is 11.6 Å². The van der Waals surface area contributed by atoms with Gasteiger partial charge >= 0.3 is 0 Å². The van der Waals surface area contributed by atoms with Gasteiger partial charge in [0, 0.05) is 22.4 Å². The minimum Gasteiger partial charge on any atom is -0.365 e. The first-order valence-corrected chi connectivity index (χ1v) is 6.44. The highest BCUT2D eigenvalue weighted by molar-refractivity contribution is 6.30. The number of halogens is 1. The van der Waals surface area contributed by atoms with Crippen LogP contribution < -0.4 is 10.6 Å². The van der Waals surface area contributed by atoms with Crippen molar-refractivity contribution in [1.29, 1.82) is 0 Å². The van der Waals surface area contributed by atoms with Gasteiger partial charge in [-0.3, -0.25) is 0 Å². The molecule has 1 heterocycles. The van der Waals surface area contributed by atoms with Gasteiger partial charge in [-0.1, -0.05) is 11.6 Å². The molecule has 19 heavy (non-hydrogen) atoms. The Morgan fingerprint density at radius 1 is 1.05 bits per heavy atom. The van der Waals surface area contributed by atoms with Crippen LogP contribution in [0.2, 0.25) is 5.02 Å². The maximum Gasteiger partial charge on any atom is 0.229 e. The highest BCUT2D eigenvalue weighted by Crippen LogP contribution is 2.18. The Morgan fingerprint density at radius 2 is 1.74 bits per heavy atom. The zero-order valence-corrected chi connectivity index (χ0v) is 12.0. The summed E-state index contributed by atoms with van der Waals surface area (Å²) in [4.78, 5) is 8.60. The van der Waals surface area contributed by atoms with Crippen LogP contribution in [0.25, 0.3) is 0 Å². The van der Waals surface area contributed by atoms with Crippen LogP contribution in [-0.2, 0) is 0 Å². The molecule has 1 aromatic heterocycles. The molecule has 2 N–H and O–H groups in total. The van der Waals surface area contributed by atoms with Crippen LogP contribution in [0.1, 0.15) is 20.8 Å². The largest absolute Gasteiger partial charge is 0.365 e. The molecule has 4 nitrogen and oxygen atoms in total. The zero-order chi connectivity index (χ0) is 13.9. The average molecular weight is 277 g/mol. The van der Waals surface area contributed by atoms with Crippen molar-refractivity contribution in [3.05, 3.63) is 41.6 Å². The van der Waals surface area contributed by atoms with Crippen molar-refractivity contribution in [2.45, 2.75) is 26.3 Å². The van der Waals surface area contributed by atoms with E-state index in [1.807, 2.05) is 30.3 Å². The molecule has 0 bridgehead atoms. The van der Waals surface area contributed by atoms with Gasteiger partial charge in [0.25, 0.3) is 0 Å². The molecule has 0 amide bonds. The smallest absolute Gasteiger partial charge is 0.229 e. The number of benzene rings is 1. The highest BCUT2D eigenvalue weighted by atomic mass is 35.5. The maximum absolute atomic E-state index is 5.84. The van der Waals surface area contributed by atoms with Crippen molar-refractivity contribution < 1.29 is 0 Å². The summed E-state index contributed by atoms with van der Waals surface area (Å²) in [5.41, 5.74) is 0.864. The van der Waals surface area contributed by atoms with Crippen molar-refractivity contribution in [1.82, 2.24) is 9.97 Å². The molecule has 0 unspecified atom stereocenters. The molecule has 0 saturated carbocycles. The molecule has 0 saturated heterocycles. The van der Waals surface area contributed by atoms with E-state index in [-0.39, 0.29) is 5.54 Å². The summed E-state index contributed by atoms with van der Waals surface area (Å²) in [5.74, 6) is 1.34. The second-order valence-electron chi connectivity index (χ2n) is 5.27. The van der Waals surface area contributed by atoms with E-state index in [1.54, 1.807) is 6.20 Å². The van der Waals surface area contributed by atoms with Gasteiger partial charge in [0.15, 0.2) is 0 Å². The Bertz CT molecular complexity index is 546. The topological polar surface area (TPSA) is 49.8 Å². The number of hydrogen-bond acceptors (Lipinski definition) is 4. The third-order valence-corrected chi connectivity index (χ3v) is 2.51. The average Bonchev–Trinajstić information content (AvgIpc) is 2.30. The van der Waals surface area contributed by atoms with Gasteiger partial charge in [-0.2, -0.15) is 4.98 Å². The molecular weight excluding hydrogens is 260 g/mol. The highest BCUT2D eigenvalue weighted by Gasteiger charge is 2.10. The van der Waals surface area contributed by atoms with Crippen LogP contribution in [-0.4, -0.2) is 15.5 Å². The lowest BCUT2D eigenvalue weighted by atomic mass is 10.1. The standard InChI is InChI=1S/C14H17ClN4/c1-14(2,3)19-12-8-9-16-13(18-12)17-11-6-4-10(15)5-7-11/h4-9H,1-3H3,(H2,16,17,18,19). The molecule has 0 radical (unpaired) electrons. The van der Waals surface area contributed by atoms with Gasteiger partial charge in [0.05, 0.1) is 0 Å². The van der Waals surface area contributed by atoms with Crippen LogP contribution in [0.5, 0.6) is 0 Å². The van der Waals surface area contributed by atoms with E-state index in [0.29, 0.717) is 11.0 Å². The Hall–Kier alpha value is -1.81. The first-order chi connectivity index (χ1) is 8.92. The quantitative estimate of drug-likeness (QED) is 0.887. The van der Waals surface area contributed by atoms with Gasteiger partial charge in [-0.05, 0) is 51.1 Å². The third kappa shape index (κ3) is 4.41. The lowest BCUT2D eigenvalue weighted by molar-refractivity contribution is 0.630. The van der Waals surface area contributed by atoms with Gasteiger partial charge < -0.3 is 10.6 Å². The van der Waals surface area contributed by atoms with E-state index in [1.165, 1.54) is 0 Å². The molecule has 2 rings (SSSR count). The van der Waals surface area contributed by atoms with Crippen LogP contribution >= 0.6 is 11.6 Å². The van der Waals surface area contributed by atoms with Gasteiger partial charge in [0.1, 0.15) is 5.82 Å². The normalized spacial score (nSPS) is 11.2. The number of nitrogens with one attached hydrogen (secondary N) is 2. The maximum atomic E-state index is 5.84. The summed E-state index contributed by atoms with van der Waals surface area (Å²) in [6.07, 6.45) is 1.72. The van der Waals surface area contributed by atoms with Gasteiger partial charge in [0.2, 0.25) is 5.95 Å². The fourth-order valence-corrected chi connectivity index (χ4v) is 1.66. The Morgan fingerprint density at radius 3 is 2.37 bits per heavy atom. The Labute approximate surface area is 118 Å². The summed E-state index contributed by atoms with van der Waals surface area (Å²) in [5, 5.41) is 7.14. The first-order valence-electron chi connectivity index (χ1n) is 6.06. The summed E-state index contributed by atoms with van der Waals surface area (Å²) in [6.45, 7) is 6.25. The molecule has 100 valence electrons. The van der Waals surface area contributed by atoms with E-state index < -0.39 is 0 Å². The lowest BCUT2D eigenvalue weighted by Crippen LogP contribution is -2.26. The van der Waals surface area contributed by atoms with Gasteiger partial charge in [-0.25, -0.2) is 4.98 Å². The number of rotatable bonds is 3. The molecule has 0 aliphatic carbocycles. The van der Waals surface area contributed by atoms with Crippen LogP contribution in [0.3, 0.4) is 0 Å². The SMILES string of the molecule is CC(C)(C)Nc1ccnc(Nc2ccc(Cl)cc2)n1. The van der Waals surface area contributed by atoms with Crippen molar-refractivity contribution in [2.24, 2.45) is 0 Å². The number of hydrogen-bond donors (Lipinski definition) is 2. The number of aromatic nitrogens is 2. The van der Waals surface area contributed by atoms with E-state index in [9.17, 15) is 0 Å². The van der Waals surface area contributed by atoms with Crippen LogP contribution in [0.15, 0.2) is 36.5 Å². The molecular formula is C14H17ClN4. The summed E-state index contributed by atoms with van der Waals surface area (Å²) in [7, 11) is 0. The second-order valence-corrected chi connectivity index (χ2v) is 5.71. The van der Waals surface area contributed by atoms with Gasteiger partial charge in [-0.15, -0.1) is 0 Å². The summed E-state index contributed by atoms with van der Waals surface area (Å²) in [6, 6.07) is 9.26. The number of nitrogens with zero attached hydrogens (tertiary/aromatic N) is 2. The molecule has 0 atom stereocenters. The van der Waals surface area contributed by atoms with Crippen molar-refractivity contribution >= 4 is 29.1 Å². The molecule has 0 fully saturated rings. The van der Waals surface area contributed by atoms with E-state index in [2.05, 4.69) is 41.4 Å². The van der Waals surface area contributed by atoms with E-state index in [0.717, 1.165) is 11.5 Å². The zero-order valence-electron chi connectivity index (χ0n) is 11.2. The molecule has 2 aromatic rings. The number of anilines is 3. The predicted molar refractivity (Wildman–Crippen MR) is 80.1 cm³/mol. The molecule has 0 aliphatic rings. The van der Waals surface area contributed by atoms with Crippen molar-refractivity contribution in [3.8, 4) is 0 Å². The first kappa shape index (κ1) is 13.6. The third-order valence-electron chi connectivity index (χ3n) is 2.26. The fraction of sp³-hybridized carbons (Fsp3) is 0.286. The monoisotopic (exact) mass is 276 g/mol. The lowest BCUT2D eigenvalue weighted by Gasteiger charge is -2.21. The minimum atomic E-state index is -0.0358. The van der Waals surface area contributed by atoms with Crippen LogP contribution in [0, 0.1) is 0 Å². The summed E-state index contributed by atoms with van der Waals surface area (Å²) < 4.78 is 0. The molecule has 5 heteroatoms. The fourth-order valence-electron chi connectivity index (χ4n) is 1.54. The Kier molecular flexibility index (Phi) is 3.90. The molecule has 0 spiro atoms. The Balaban J connectivity index is 2.13. The second kappa shape index (κ2) is 5.45. The molecule has 1 aromatic carbocycles. The van der Waals surface area contributed by atoms with E-state index >= 15 is 0 Å².